The molecule has 0 aromatic heterocycles. The zero-order chi connectivity index (χ0) is 14.9. The highest BCUT2D eigenvalue weighted by Crippen LogP contribution is 2.43. The summed E-state index contributed by atoms with van der Waals surface area (Å²) in [6, 6.07) is 5.29. The number of nitrogen functional groups attached to an aromatic ring is 1. The van der Waals surface area contributed by atoms with E-state index in [2.05, 4.69) is 0 Å². The molecule has 114 valence electrons. The predicted octanol–water partition coefficient (Wildman–Crippen LogP) is 3.20. The van der Waals surface area contributed by atoms with E-state index < -0.39 is 0 Å². The molecule has 4 nitrogen and oxygen atoms in total. The summed E-state index contributed by atoms with van der Waals surface area (Å²) in [5, 5.41) is 0. The third kappa shape index (κ3) is 2.77. The van der Waals surface area contributed by atoms with Gasteiger partial charge in [0.25, 0.3) is 0 Å². The molecule has 1 saturated carbocycles. The Morgan fingerprint density at radius 1 is 1.38 bits per heavy atom. The number of ether oxygens (including phenoxy) is 2. The van der Waals surface area contributed by atoms with Crippen LogP contribution < -0.4 is 10.5 Å². The number of hydrogen-bond donors (Lipinski definition) is 1. The summed E-state index contributed by atoms with van der Waals surface area (Å²) in [5.41, 5.74) is 7.07. The first-order valence-electron chi connectivity index (χ1n) is 7.75. The fraction of sp³-hybridized carbons (Fsp3) is 0.588. The quantitative estimate of drug-likeness (QED) is 0.685. The van der Waals surface area contributed by atoms with E-state index >= 15 is 0 Å². The molecule has 2 N–H and O–H groups in total. The van der Waals surface area contributed by atoms with Gasteiger partial charge in [-0.15, -0.1) is 0 Å². The Kier molecular flexibility index (Phi) is 3.89. The average molecular weight is 289 g/mol. The lowest BCUT2D eigenvalue weighted by Crippen LogP contribution is -2.39. The molecular weight excluding hydrogens is 266 g/mol. The first kappa shape index (κ1) is 14.4. The maximum Gasteiger partial charge on any atom is 0.168 e. The summed E-state index contributed by atoms with van der Waals surface area (Å²) in [6.07, 6.45) is 6.22. The Bertz CT molecular complexity index is 535. The van der Waals surface area contributed by atoms with Gasteiger partial charge in [-0.3, -0.25) is 4.79 Å². The Morgan fingerprint density at radius 2 is 2.14 bits per heavy atom. The van der Waals surface area contributed by atoms with Crippen molar-refractivity contribution in [3.63, 3.8) is 0 Å². The first-order valence-corrected chi connectivity index (χ1v) is 7.75. The fourth-order valence-corrected chi connectivity index (χ4v) is 3.71. The van der Waals surface area contributed by atoms with Crippen molar-refractivity contribution in [2.45, 2.75) is 44.1 Å². The monoisotopic (exact) mass is 289 g/mol. The SMILES string of the molecule is COc1ccc(N)c(C(=O)C2CCOC3(CCCC3)C2)c1. The molecule has 0 bridgehead atoms. The highest BCUT2D eigenvalue weighted by atomic mass is 16.5. The second-order valence-electron chi connectivity index (χ2n) is 6.25. The van der Waals surface area contributed by atoms with Crippen molar-refractivity contribution >= 4 is 11.5 Å². The number of hydrogen-bond acceptors (Lipinski definition) is 4. The van der Waals surface area contributed by atoms with Crippen LogP contribution in [0.1, 0.15) is 48.9 Å². The van der Waals surface area contributed by atoms with Gasteiger partial charge in [0.1, 0.15) is 5.75 Å². The minimum Gasteiger partial charge on any atom is -0.497 e. The van der Waals surface area contributed by atoms with Crippen LogP contribution in [0.2, 0.25) is 0 Å². The zero-order valence-corrected chi connectivity index (χ0v) is 12.6. The molecule has 1 heterocycles. The number of Topliss-reactive ketones (excluding diaryl/α,β-unsaturated/α-hetero) is 1. The summed E-state index contributed by atoms with van der Waals surface area (Å²) in [7, 11) is 1.60. The minimum atomic E-state index is -0.0494. The number of benzene rings is 1. The maximum absolute atomic E-state index is 12.8. The molecule has 1 unspecified atom stereocenters. The van der Waals surface area contributed by atoms with Gasteiger partial charge in [0, 0.05) is 23.8 Å². The lowest BCUT2D eigenvalue weighted by atomic mass is 9.80. The van der Waals surface area contributed by atoms with Crippen molar-refractivity contribution in [3.8, 4) is 5.75 Å². The van der Waals surface area contributed by atoms with Crippen LogP contribution in [-0.4, -0.2) is 25.1 Å². The molecule has 2 fully saturated rings. The van der Waals surface area contributed by atoms with Gasteiger partial charge in [-0.25, -0.2) is 0 Å². The summed E-state index contributed by atoms with van der Waals surface area (Å²) in [4.78, 5) is 12.8. The average Bonchev–Trinajstić information content (AvgIpc) is 2.95. The number of anilines is 1. The van der Waals surface area contributed by atoms with Crippen LogP contribution in [0, 0.1) is 5.92 Å². The number of nitrogens with two attached hydrogens (primary N) is 1. The minimum absolute atomic E-state index is 0.0197. The van der Waals surface area contributed by atoms with E-state index in [1.165, 1.54) is 12.8 Å². The first-order chi connectivity index (χ1) is 10.1. The molecule has 1 aromatic rings. The van der Waals surface area contributed by atoms with Gasteiger partial charge in [-0.1, -0.05) is 12.8 Å². The number of carbonyl (C=O) groups is 1. The van der Waals surface area contributed by atoms with Crippen molar-refractivity contribution in [1.29, 1.82) is 0 Å². The highest BCUT2D eigenvalue weighted by Gasteiger charge is 2.42. The van der Waals surface area contributed by atoms with Crippen LogP contribution in [0.4, 0.5) is 5.69 Å². The molecule has 21 heavy (non-hydrogen) atoms. The second-order valence-corrected chi connectivity index (χ2v) is 6.25. The van der Waals surface area contributed by atoms with Crippen LogP contribution in [0.5, 0.6) is 5.75 Å². The summed E-state index contributed by atoms with van der Waals surface area (Å²) < 4.78 is 11.2. The van der Waals surface area contributed by atoms with E-state index in [-0.39, 0.29) is 17.3 Å². The van der Waals surface area contributed by atoms with Crippen LogP contribution in [0.25, 0.3) is 0 Å². The molecular formula is C17H23NO3. The van der Waals surface area contributed by atoms with Gasteiger partial charge < -0.3 is 15.2 Å². The van der Waals surface area contributed by atoms with E-state index in [1.807, 2.05) is 0 Å². The highest BCUT2D eigenvalue weighted by molar-refractivity contribution is 6.02. The van der Waals surface area contributed by atoms with Gasteiger partial charge in [0.15, 0.2) is 5.78 Å². The van der Waals surface area contributed by atoms with Crippen LogP contribution in [0.3, 0.4) is 0 Å². The zero-order valence-electron chi connectivity index (χ0n) is 12.6. The third-order valence-electron chi connectivity index (χ3n) is 4.90. The van der Waals surface area contributed by atoms with Gasteiger partial charge in [-0.2, -0.15) is 0 Å². The van der Waals surface area contributed by atoms with Gasteiger partial charge >= 0.3 is 0 Å². The van der Waals surface area contributed by atoms with Crippen molar-refractivity contribution in [2.24, 2.45) is 5.92 Å². The molecule has 1 saturated heterocycles. The van der Waals surface area contributed by atoms with Crippen LogP contribution in [0.15, 0.2) is 18.2 Å². The number of ketones is 1. The molecule has 1 aliphatic heterocycles. The van der Waals surface area contributed by atoms with Crippen LogP contribution >= 0.6 is 0 Å². The Hall–Kier alpha value is -1.55. The lowest BCUT2D eigenvalue weighted by molar-refractivity contribution is -0.0866. The molecule has 4 heteroatoms. The molecule has 1 atom stereocenters. The maximum atomic E-state index is 12.8. The molecule has 2 aliphatic rings. The fourth-order valence-electron chi connectivity index (χ4n) is 3.71. The van der Waals surface area contributed by atoms with Gasteiger partial charge in [0.2, 0.25) is 0 Å². The lowest BCUT2D eigenvalue weighted by Gasteiger charge is -2.37. The number of rotatable bonds is 3. The summed E-state index contributed by atoms with van der Waals surface area (Å²) in [6.45, 7) is 0.681. The third-order valence-corrected chi connectivity index (χ3v) is 4.90. The van der Waals surface area contributed by atoms with E-state index in [4.69, 9.17) is 15.2 Å². The molecule has 1 aromatic carbocycles. The van der Waals surface area contributed by atoms with Crippen molar-refractivity contribution < 1.29 is 14.3 Å². The van der Waals surface area contributed by atoms with Crippen molar-refractivity contribution in [2.75, 3.05) is 19.5 Å². The van der Waals surface area contributed by atoms with Crippen molar-refractivity contribution in [1.82, 2.24) is 0 Å². The van der Waals surface area contributed by atoms with E-state index in [0.717, 1.165) is 25.7 Å². The molecule has 1 aliphatic carbocycles. The second kappa shape index (κ2) is 5.68. The molecule has 3 rings (SSSR count). The number of methoxy groups -OCH3 is 1. The Balaban J connectivity index is 1.81. The summed E-state index contributed by atoms with van der Waals surface area (Å²) in [5.74, 6) is 0.836. The van der Waals surface area contributed by atoms with Crippen LogP contribution in [-0.2, 0) is 4.74 Å². The normalized spacial score (nSPS) is 24.1. The number of carbonyl (C=O) groups excluding carboxylic acids is 1. The van der Waals surface area contributed by atoms with E-state index in [0.29, 0.717) is 23.6 Å². The molecule has 1 spiro atoms. The van der Waals surface area contributed by atoms with E-state index in [9.17, 15) is 4.79 Å². The molecule has 0 radical (unpaired) electrons. The largest absolute Gasteiger partial charge is 0.497 e. The van der Waals surface area contributed by atoms with E-state index in [1.54, 1.807) is 25.3 Å². The Morgan fingerprint density at radius 3 is 2.86 bits per heavy atom. The Labute approximate surface area is 125 Å². The topological polar surface area (TPSA) is 61.5 Å². The van der Waals surface area contributed by atoms with Gasteiger partial charge in [-0.05, 0) is 43.9 Å². The summed E-state index contributed by atoms with van der Waals surface area (Å²) >= 11 is 0. The smallest absolute Gasteiger partial charge is 0.168 e. The van der Waals surface area contributed by atoms with Gasteiger partial charge in [0.05, 0.1) is 12.7 Å². The standard InChI is InChI=1S/C17H23NO3/c1-20-13-4-5-15(18)14(10-13)16(19)12-6-9-21-17(11-12)7-2-3-8-17/h4-5,10,12H,2-3,6-9,11,18H2,1H3. The predicted molar refractivity (Wildman–Crippen MR) is 81.6 cm³/mol. The van der Waals surface area contributed by atoms with Crippen molar-refractivity contribution in [3.05, 3.63) is 23.8 Å². The molecule has 0 amide bonds.